The van der Waals surface area contributed by atoms with Gasteiger partial charge in [-0.15, -0.1) is 10.2 Å². The number of anilines is 1. The van der Waals surface area contributed by atoms with E-state index in [0.717, 1.165) is 15.0 Å². The highest BCUT2D eigenvalue weighted by atomic mass is 79.9. The van der Waals surface area contributed by atoms with Crippen molar-refractivity contribution < 1.29 is 4.79 Å². The number of carbonyl (C=O) groups is 1. The van der Waals surface area contributed by atoms with Crippen molar-refractivity contribution in [2.45, 2.75) is 0 Å². The molecular formula is C17H12BrN3OS. The molecule has 0 saturated carbocycles. The van der Waals surface area contributed by atoms with Crippen molar-refractivity contribution in [3.8, 4) is 0 Å². The largest absolute Gasteiger partial charge is 0.296 e. The number of carbonyl (C=O) groups excluding carboxylic acids is 1. The molecule has 1 amide bonds. The molecule has 3 aromatic rings. The topological polar surface area (TPSA) is 54.9 Å². The van der Waals surface area contributed by atoms with Crippen LogP contribution in [0.15, 0.2) is 59.1 Å². The number of rotatable bonds is 4. The number of hydrogen-bond acceptors (Lipinski definition) is 4. The molecule has 0 aliphatic rings. The van der Waals surface area contributed by atoms with Crippen molar-refractivity contribution >= 4 is 50.5 Å². The summed E-state index contributed by atoms with van der Waals surface area (Å²) in [4.78, 5) is 12.2. The maximum atomic E-state index is 12.2. The van der Waals surface area contributed by atoms with Crippen LogP contribution in [0, 0.1) is 0 Å². The number of nitrogens with zero attached hydrogens (tertiary/aromatic N) is 2. The van der Waals surface area contributed by atoms with Gasteiger partial charge < -0.3 is 0 Å². The Hall–Kier alpha value is -2.31. The van der Waals surface area contributed by atoms with Gasteiger partial charge in [-0.3, -0.25) is 10.1 Å². The lowest BCUT2D eigenvalue weighted by molar-refractivity contribution is 0.102. The summed E-state index contributed by atoms with van der Waals surface area (Å²) in [6.45, 7) is 0. The second-order valence-corrected chi connectivity index (χ2v) is 6.49. The minimum Gasteiger partial charge on any atom is -0.296 e. The Morgan fingerprint density at radius 2 is 1.74 bits per heavy atom. The Kier molecular flexibility index (Phi) is 4.95. The van der Waals surface area contributed by atoms with Crippen LogP contribution in [-0.4, -0.2) is 16.1 Å². The van der Waals surface area contributed by atoms with Crippen LogP contribution in [0.1, 0.15) is 20.9 Å². The minimum atomic E-state index is -0.216. The first-order chi connectivity index (χ1) is 11.2. The van der Waals surface area contributed by atoms with E-state index in [1.54, 1.807) is 6.07 Å². The van der Waals surface area contributed by atoms with E-state index in [0.29, 0.717) is 10.7 Å². The van der Waals surface area contributed by atoms with Gasteiger partial charge in [0.15, 0.2) is 0 Å². The summed E-state index contributed by atoms with van der Waals surface area (Å²) in [5.41, 5.74) is 1.64. The van der Waals surface area contributed by atoms with Gasteiger partial charge in [-0.1, -0.05) is 59.9 Å². The van der Waals surface area contributed by atoms with Gasteiger partial charge in [-0.05, 0) is 39.7 Å². The molecule has 4 nitrogen and oxygen atoms in total. The van der Waals surface area contributed by atoms with Crippen LogP contribution in [0.4, 0.5) is 5.13 Å². The van der Waals surface area contributed by atoms with Crippen molar-refractivity contribution in [1.29, 1.82) is 0 Å². The Morgan fingerprint density at radius 3 is 2.52 bits per heavy atom. The Balaban J connectivity index is 1.69. The third-order valence-electron chi connectivity index (χ3n) is 3.00. The van der Waals surface area contributed by atoms with Crippen LogP contribution < -0.4 is 5.32 Å². The summed E-state index contributed by atoms with van der Waals surface area (Å²) in [5, 5.41) is 12.0. The van der Waals surface area contributed by atoms with Gasteiger partial charge in [0, 0.05) is 4.47 Å². The quantitative estimate of drug-likeness (QED) is 0.706. The zero-order valence-electron chi connectivity index (χ0n) is 11.9. The number of nitrogens with one attached hydrogen (secondary N) is 1. The average molecular weight is 386 g/mol. The maximum absolute atomic E-state index is 12.2. The van der Waals surface area contributed by atoms with Crippen LogP contribution in [0.25, 0.3) is 12.2 Å². The first kappa shape index (κ1) is 15.6. The molecule has 1 aromatic heterocycles. The zero-order valence-corrected chi connectivity index (χ0v) is 14.3. The van der Waals surface area contributed by atoms with E-state index in [9.17, 15) is 4.79 Å². The first-order valence-corrected chi connectivity index (χ1v) is 8.46. The van der Waals surface area contributed by atoms with Gasteiger partial charge in [0.1, 0.15) is 5.01 Å². The highest BCUT2D eigenvalue weighted by Crippen LogP contribution is 2.21. The van der Waals surface area contributed by atoms with Gasteiger partial charge >= 0.3 is 0 Å². The van der Waals surface area contributed by atoms with Gasteiger partial charge in [0.05, 0.1) is 5.56 Å². The monoisotopic (exact) mass is 385 g/mol. The molecule has 1 heterocycles. The van der Waals surface area contributed by atoms with Crippen LogP contribution in [0.3, 0.4) is 0 Å². The summed E-state index contributed by atoms with van der Waals surface area (Å²) < 4.78 is 0.742. The summed E-state index contributed by atoms with van der Waals surface area (Å²) in [6.07, 6.45) is 3.83. The Labute approximate surface area is 146 Å². The molecule has 114 valence electrons. The predicted molar refractivity (Wildman–Crippen MR) is 97.4 cm³/mol. The molecule has 6 heteroatoms. The van der Waals surface area contributed by atoms with E-state index < -0.39 is 0 Å². The summed E-state index contributed by atoms with van der Waals surface area (Å²) in [7, 11) is 0. The predicted octanol–water partition coefficient (Wildman–Crippen LogP) is 4.72. The van der Waals surface area contributed by atoms with E-state index in [1.165, 1.54) is 11.3 Å². The molecule has 0 aliphatic heterocycles. The normalized spacial score (nSPS) is 10.8. The second kappa shape index (κ2) is 7.30. The lowest BCUT2D eigenvalue weighted by Gasteiger charge is -2.02. The molecule has 0 saturated heterocycles. The van der Waals surface area contributed by atoms with Crippen molar-refractivity contribution in [3.05, 3.63) is 75.2 Å². The molecule has 0 fully saturated rings. The lowest BCUT2D eigenvalue weighted by atomic mass is 10.2. The molecular weight excluding hydrogens is 374 g/mol. The van der Waals surface area contributed by atoms with Gasteiger partial charge in [0.25, 0.3) is 5.91 Å². The number of aromatic nitrogens is 2. The summed E-state index contributed by atoms with van der Waals surface area (Å²) >= 11 is 4.69. The summed E-state index contributed by atoms with van der Waals surface area (Å²) in [5.74, 6) is -0.216. The SMILES string of the molecule is O=C(Nc1nnc(/C=C/c2ccccc2)s1)c1ccccc1Br. The third-order valence-corrected chi connectivity index (χ3v) is 4.49. The number of halogens is 1. The Bertz CT molecular complexity index is 846. The van der Waals surface area contributed by atoms with Crippen LogP contribution >= 0.6 is 27.3 Å². The molecule has 23 heavy (non-hydrogen) atoms. The fourth-order valence-electron chi connectivity index (χ4n) is 1.89. The standard InChI is InChI=1S/C17H12BrN3OS/c18-14-9-5-4-8-13(14)16(22)19-17-21-20-15(23-17)11-10-12-6-2-1-3-7-12/h1-11H,(H,19,21,22)/b11-10+. The molecule has 0 aliphatic carbocycles. The number of amides is 1. The molecule has 3 rings (SSSR count). The van der Waals surface area contributed by atoms with Crippen molar-refractivity contribution in [1.82, 2.24) is 10.2 Å². The van der Waals surface area contributed by atoms with Gasteiger partial charge in [-0.2, -0.15) is 0 Å². The van der Waals surface area contributed by atoms with E-state index in [2.05, 4.69) is 31.4 Å². The number of hydrogen-bond donors (Lipinski definition) is 1. The van der Waals surface area contributed by atoms with E-state index >= 15 is 0 Å². The van der Waals surface area contributed by atoms with Gasteiger partial charge in [-0.25, -0.2) is 0 Å². The molecule has 0 unspecified atom stereocenters. The molecule has 0 bridgehead atoms. The Morgan fingerprint density at radius 1 is 1.00 bits per heavy atom. The fourth-order valence-corrected chi connectivity index (χ4v) is 3.00. The van der Waals surface area contributed by atoms with Crippen molar-refractivity contribution in [2.75, 3.05) is 5.32 Å². The molecule has 1 N–H and O–H groups in total. The highest BCUT2D eigenvalue weighted by molar-refractivity contribution is 9.10. The van der Waals surface area contributed by atoms with Gasteiger partial charge in [0.2, 0.25) is 5.13 Å². The van der Waals surface area contributed by atoms with Crippen molar-refractivity contribution in [3.63, 3.8) is 0 Å². The zero-order chi connectivity index (χ0) is 16.1. The molecule has 2 aromatic carbocycles. The molecule has 0 radical (unpaired) electrons. The van der Waals surface area contributed by atoms with E-state index in [4.69, 9.17) is 0 Å². The molecule has 0 atom stereocenters. The maximum Gasteiger partial charge on any atom is 0.258 e. The minimum absolute atomic E-state index is 0.216. The lowest BCUT2D eigenvalue weighted by Crippen LogP contribution is -2.12. The fraction of sp³-hybridized carbons (Fsp3) is 0. The first-order valence-electron chi connectivity index (χ1n) is 6.85. The molecule has 0 spiro atoms. The van der Waals surface area contributed by atoms with Crippen LogP contribution in [0.2, 0.25) is 0 Å². The third kappa shape index (κ3) is 4.12. The van der Waals surface area contributed by atoms with E-state index in [-0.39, 0.29) is 5.91 Å². The highest BCUT2D eigenvalue weighted by Gasteiger charge is 2.11. The van der Waals surface area contributed by atoms with Crippen LogP contribution in [-0.2, 0) is 0 Å². The summed E-state index contributed by atoms with van der Waals surface area (Å²) in [6, 6.07) is 17.2. The smallest absolute Gasteiger partial charge is 0.258 e. The number of benzene rings is 2. The van der Waals surface area contributed by atoms with Crippen molar-refractivity contribution in [2.24, 2.45) is 0 Å². The average Bonchev–Trinajstić information content (AvgIpc) is 3.02. The van der Waals surface area contributed by atoms with E-state index in [1.807, 2.05) is 60.7 Å². The second-order valence-electron chi connectivity index (χ2n) is 4.62. The van der Waals surface area contributed by atoms with Crippen LogP contribution in [0.5, 0.6) is 0 Å².